The molecule has 0 spiro atoms. The number of non-ortho nitro benzene ring substituents is 1. The second-order valence-electron chi connectivity index (χ2n) is 7.48. The van der Waals surface area contributed by atoms with Crippen LogP contribution in [0.2, 0.25) is 0 Å². The molecule has 0 atom stereocenters. The number of benzene rings is 3. The first-order valence-corrected chi connectivity index (χ1v) is 10.5. The molecule has 1 heterocycles. The maximum absolute atomic E-state index is 10.4. The normalized spacial score (nSPS) is 13.5. The van der Waals surface area contributed by atoms with Gasteiger partial charge in [0.05, 0.1) is 46.2 Å². The van der Waals surface area contributed by atoms with Gasteiger partial charge in [0.25, 0.3) is 11.4 Å². The Labute approximate surface area is 199 Å². The Bertz CT molecular complexity index is 1110. The number of morpholine rings is 1. The van der Waals surface area contributed by atoms with Crippen molar-refractivity contribution in [2.75, 3.05) is 26.3 Å². The third-order valence-electron chi connectivity index (χ3n) is 5.30. The van der Waals surface area contributed by atoms with E-state index in [1.165, 1.54) is 11.1 Å². The van der Waals surface area contributed by atoms with Crippen LogP contribution in [0.5, 0.6) is 5.75 Å². The van der Waals surface area contributed by atoms with Crippen molar-refractivity contribution in [2.45, 2.75) is 6.04 Å². The van der Waals surface area contributed by atoms with Crippen molar-refractivity contribution in [3.63, 3.8) is 0 Å². The van der Waals surface area contributed by atoms with Gasteiger partial charge in [0.1, 0.15) is 0 Å². The molecule has 0 amide bonds. The second-order valence-corrected chi connectivity index (χ2v) is 7.48. The molecule has 1 fully saturated rings. The summed E-state index contributed by atoms with van der Waals surface area (Å²) in [4.78, 5) is 30.3. The molecule has 0 saturated carbocycles. The van der Waals surface area contributed by atoms with E-state index in [0.29, 0.717) is 18.2 Å². The van der Waals surface area contributed by atoms with E-state index in [1.54, 1.807) is 0 Å². The van der Waals surface area contributed by atoms with Crippen LogP contribution in [0.3, 0.4) is 0 Å². The molecule has 0 aromatic heterocycles. The molecule has 4 rings (SSSR count). The Morgan fingerprint density at radius 1 is 0.743 bits per heavy atom. The zero-order chi connectivity index (χ0) is 25.4. The second kappa shape index (κ2) is 11.6. The smallest absolute Gasteiger partial charge is 0.324 e. The number of aromatic hydroxyl groups is 1. The summed E-state index contributed by atoms with van der Waals surface area (Å²) < 4.78 is 5.48. The molecule has 1 saturated heterocycles. The monoisotopic (exact) mass is 482 g/mol. The molecule has 0 aliphatic carbocycles. The van der Waals surface area contributed by atoms with Gasteiger partial charge in [-0.05, 0) is 11.1 Å². The lowest BCUT2D eigenvalue weighted by Crippen LogP contribution is -2.39. The first kappa shape index (κ1) is 25.2. The quantitative estimate of drug-likeness (QED) is 0.400. The summed E-state index contributed by atoms with van der Waals surface area (Å²) in [6.45, 7) is 3.65. The number of hydrogen-bond acceptors (Lipinski definition) is 9. The molecule has 3 aromatic rings. The summed E-state index contributed by atoms with van der Waals surface area (Å²) in [5, 5.41) is 40.2. The van der Waals surface area contributed by atoms with Crippen molar-refractivity contribution in [1.29, 1.82) is 0 Å². The molecule has 0 radical (unpaired) electrons. The first-order chi connectivity index (χ1) is 16.8. The molecule has 1 N–H and O–H groups in total. The molecular formula is C23H22N4O8. The summed E-state index contributed by atoms with van der Waals surface area (Å²) >= 11 is 0. The van der Waals surface area contributed by atoms with E-state index in [2.05, 4.69) is 65.6 Å². The number of hydrogen-bond donors (Lipinski definition) is 1. The summed E-state index contributed by atoms with van der Waals surface area (Å²) in [7, 11) is 0. The molecule has 12 nitrogen and oxygen atoms in total. The minimum absolute atomic E-state index is 0.339. The van der Waals surface area contributed by atoms with Gasteiger partial charge in [0, 0.05) is 13.1 Å². The predicted molar refractivity (Wildman–Crippen MR) is 125 cm³/mol. The topological polar surface area (TPSA) is 162 Å². The SMILES string of the molecule is O=[N+]([O-])c1cc([N+](=O)[O-])c(O)c([N+](=O)[O-])c1.c1ccc(C(c2ccccc2)N2CCOCC2)cc1. The van der Waals surface area contributed by atoms with Crippen LogP contribution < -0.4 is 0 Å². The standard InChI is InChI=1S/C17H19NO.C6H3N3O7/c1-3-7-15(8-4-1)17(16-9-5-2-6-10-16)18-11-13-19-14-12-18;10-6-4(8(13)14)1-3(7(11)12)2-5(6)9(15)16/h1-10,17H,11-14H2;1-2,10H. The largest absolute Gasteiger partial charge is 0.497 e. The van der Waals surface area contributed by atoms with Gasteiger partial charge in [-0.15, -0.1) is 0 Å². The fourth-order valence-corrected chi connectivity index (χ4v) is 3.69. The van der Waals surface area contributed by atoms with Crippen molar-refractivity contribution >= 4 is 17.1 Å². The average Bonchev–Trinajstić information content (AvgIpc) is 2.86. The predicted octanol–water partition coefficient (Wildman–Crippen LogP) is 4.23. The van der Waals surface area contributed by atoms with Gasteiger partial charge in [-0.2, -0.15) is 0 Å². The Hall–Kier alpha value is -4.42. The molecule has 35 heavy (non-hydrogen) atoms. The number of phenols is 1. The van der Waals surface area contributed by atoms with Crippen LogP contribution in [-0.2, 0) is 4.74 Å². The number of nitrogens with zero attached hydrogens (tertiary/aromatic N) is 4. The first-order valence-electron chi connectivity index (χ1n) is 10.5. The number of nitro groups is 3. The van der Waals surface area contributed by atoms with Gasteiger partial charge in [0.2, 0.25) is 0 Å². The van der Waals surface area contributed by atoms with Crippen molar-refractivity contribution in [3.05, 3.63) is 114 Å². The molecular weight excluding hydrogens is 460 g/mol. The lowest BCUT2D eigenvalue weighted by Gasteiger charge is -2.35. The van der Waals surface area contributed by atoms with Gasteiger partial charge < -0.3 is 9.84 Å². The minimum Gasteiger partial charge on any atom is -0.497 e. The highest BCUT2D eigenvalue weighted by Gasteiger charge is 2.30. The lowest BCUT2D eigenvalue weighted by molar-refractivity contribution is -0.404. The van der Waals surface area contributed by atoms with E-state index in [-0.39, 0.29) is 0 Å². The van der Waals surface area contributed by atoms with E-state index in [4.69, 9.17) is 9.84 Å². The van der Waals surface area contributed by atoms with Crippen LogP contribution in [0.15, 0.2) is 72.8 Å². The molecule has 0 bridgehead atoms. The van der Waals surface area contributed by atoms with E-state index in [0.717, 1.165) is 26.3 Å². The number of ether oxygens (including phenoxy) is 1. The summed E-state index contributed by atoms with van der Waals surface area (Å²) in [5.41, 5.74) is -0.288. The third kappa shape index (κ3) is 6.34. The molecule has 0 unspecified atom stereocenters. The Balaban J connectivity index is 0.000000199. The van der Waals surface area contributed by atoms with Gasteiger partial charge in [-0.1, -0.05) is 60.7 Å². The highest BCUT2D eigenvalue weighted by molar-refractivity contribution is 5.64. The number of rotatable bonds is 6. The average molecular weight is 482 g/mol. The molecule has 12 heteroatoms. The van der Waals surface area contributed by atoms with Crippen molar-refractivity contribution < 1.29 is 24.6 Å². The van der Waals surface area contributed by atoms with Crippen LogP contribution in [0, 0.1) is 30.3 Å². The molecule has 1 aliphatic rings. The van der Waals surface area contributed by atoms with Crippen LogP contribution in [0.1, 0.15) is 17.2 Å². The van der Waals surface area contributed by atoms with Crippen molar-refractivity contribution in [2.24, 2.45) is 0 Å². The van der Waals surface area contributed by atoms with Gasteiger partial charge in [-0.3, -0.25) is 35.2 Å². The van der Waals surface area contributed by atoms with Crippen LogP contribution in [0.25, 0.3) is 0 Å². The molecule has 3 aromatic carbocycles. The zero-order valence-electron chi connectivity index (χ0n) is 18.4. The summed E-state index contributed by atoms with van der Waals surface area (Å²) in [6, 6.07) is 22.7. The number of nitro benzene ring substituents is 3. The third-order valence-corrected chi connectivity index (χ3v) is 5.30. The summed E-state index contributed by atoms with van der Waals surface area (Å²) in [5.74, 6) is -1.21. The van der Waals surface area contributed by atoms with E-state index < -0.39 is 37.6 Å². The van der Waals surface area contributed by atoms with Crippen molar-refractivity contribution in [3.8, 4) is 5.75 Å². The maximum atomic E-state index is 10.4. The van der Waals surface area contributed by atoms with E-state index >= 15 is 0 Å². The Kier molecular flexibility index (Phi) is 8.38. The van der Waals surface area contributed by atoms with Crippen LogP contribution in [-0.4, -0.2) is 51.1 Å². The van der Waals surface area contributed by atoms with Gasteiger partial charge in [-0.25, -0.2) is 0 Å². The molecule has 1 aliphatic heterocycles. The number of phenolic OH excluding ortho intramolecular Hbond substituents is 1. The Morgan fingerprint density at radius 3 is 1.54 bits per heavy atom. The fraction of sp³-hybridized carbons (Fsp3) is 0.217. The highest BCUT2D eigenvalue weighted by atomic mass is 16.6. The van der Waals surface area contributed by atoms with E-state index in [9.17, 15) is 30.3 Å². The van der Waals surface area contributed by atoms with Gasteiger partial charge in [0.15, 0.2) is 0 Å². The van der Waals surface area contributed by atoms with Gasteiger partial charge >= 0.3 is 11.4 Å². The van der Waals surface area contributed by atoms with Crippen LogP contribution >= 0.6 is 0 Å². The maximum Gasteiger partial charge on any atom is 0.324 e. The fourth-order valence-electron chi connectivity index (χ4n) is 3.69. The summed E-state index contributed by atoms with van der Waals surface area (Å²) in [6.07, 6.45) is 0. The van der Waals surface area contributed by atoms with E-state index in [1.807, 2.05) is 0 Å². The lowest BCUT2D eigenvalue weighted by atomic mass is 9.97. The zero-order valence-corrected chi connectivity index (χ0v) is 18.4. The molecule has 182 valence electrons. The van der Waals surface area contributed by atoms with Crippen molar-refractivity contribution in [1.82, 2.24) is 4.90 Å². The minimum atomic E-state index is -1.21. The highest BCUT2D eigenvalue weighted by Crippen LogP contribution is 2.39. The van der Waals surface area contributed by atoms with Crippen LogP contribution in [0.4, 0.5) is 17.1 Å². The Morgan fingerprint density at radius 2 is 1.17 bits per heavy atom.